The Balaban J connectivity index is 2.66. The van der Waals surface area contributed by atoms with Crippen molar-refractivity contribution < 1.29 is 0 Å². The first-order chi connectivity index (χ1) is 5.77. The molecule has 3 heteroatoms. The van der Waals surface area contributed by atoms with Gasteiger partial charge >= 0.3 is 0 Å². The van der Waals surface area contributed by atoms with Gasteiger partial charge in [-0.2, -0.15) is 0 Å². The van der Waals surface area contributed by atoms with E-state index in [-0.39, 0.29) is 0 Å². The van der Waals surface area contributed by atoms with Crippen LogP contribution in [0.3, 0.4) is 0 Å². The number of thiophene rings is 1. The van der Waals surface area contributed by atoms with Crippen LogP contribution in [-0.2, 0) is 0 Å². The summed E-state index contributed by atoms with van der Waals surface area (Å²) in [6, 6.07) is 4.26. The summed E-state index contributed by atoms with van der Waals surface area (Å²) in [6.45, 7) is 2.96. The summed E-state index contributed by atoms with van der Waals surface area (Å²) in [5.74, 6) is 0.561. The SMILES string of the molecule is CCCC(CN)c1ccc(Br)s1. The molecule has 1 unspecified atom stereocenters. The minimum absolute atomic E-state index is 0.561. The van der Waals surface area contributed by atoms with Crippen molar-refractivity contribution in [2.75, 3.05) is 6.54 Å². The molecule has 1 nitrogen and oxygen atoms in total. The molecule has 0 aliphatic rings. The molecule has 0 bridgehead atoms. The summed E-state index contributed by atoms with van der Waals surface area (Å²) in [4.78, 5) is 1.41. The Morgan fingerprint density at radius 3 is 2.75 bits per heavy atom. The molecular weight excluding hydrogens is 234 g/mol. The van der Waals surface area contributed by atoms with Crippen LogP contribution in [0, 0.1) is 0 Å². The zero-order chi connectivity index (χ0) is 8.97. The van der Waals surface area contributed by atoms with Crippen molar-refractivity contribution in [1.82, 2.24) is 0 Å². The highest BCUT2D eigenvalue weighted by atomic mass is 79.9. The Kier molecular flexibility index (Phi) is 4.26. The predicted octanol–water partition coefficient (Wildman–Crippen LogP) is 3.35. The molecule has 0 radical (unpaired) electrons. The number of hydrogen-bond donors (Lipinski definition) is 1. The van der Waals surface area contributed by atoms with Crippen LogP contribution in [0.25, 0.3) is 0 Å². The highest BCUT2D eigenvalue weighted by Crippen LogP contribution is 2.30. The van der Waals surface area contributed by atoms with Crippen LogP contribution in [0.5, 0.6) is 0 Å². The molecular formula is C9H14BrNS. The average molecular weight is 248 g/mol. The van der Waals surface area contributed by atoms with Crippen molar-refractivity contribution in [2.24, 2.45) is 5.73 Å². The standard InChI is InChI=1S/C9H14BrNS/c1-2-3-7(6-11)8-4-5-9(10)12-8/h4-5,7H,2-3,6,11H2,1H3. The highest BCUT2D eigenvalue weighted by Gasteiger charge is 2.10. The molecule has 0 aliphatic heterocycles. The lowest BCUT2D eigenvalue weighted by Gasteiger charge is -2.10. The molecule has 0 saturated heterocycles. The quantitative estimate of drug-likeness (QED) is 0.868. The van der Waals surface area contributed by atoms with E-state index in [1.54, 1.807) is 11.3 Å². The van der Waals surface area contributed by atoms with Crippen molar-refractivity contribution >= 4 is 27.3 Å². The van der Waals surface area contributed by atoms with Gasteiger partial charge in [-0.25, -0.2) is 0 Å². The monoisotopic (exact) mass is 247 g/mol. The van der Waals surface area contributed by atoms with Gasteiger partial charge < -0.3 is 5.73 Å². The zero-order valence-electron chi connectivity index (χ0n) is 7.22. The lowest BCUT2D eigenvalue weighted by Crippen LogP contribution is -2.10. The number of nitrogens with two attached hydrogens (primary N) is 1. The maximum Gasteiger partial charge on any atom is 0.0701 e. The number of rotatable bonds is 4. The minimum Gasteiger partial charge on any atom is -0.330 e. The smallest absolute Gasteiger partial charge is 0.0701 e. The van der Waals surface area contributed by atoms with Gasteiger partial charge in [-0.1, -0.05) is 13.3 Å². The Hall–Kier alpha value is 0.140. The maximum atomic E-state index is 5.69. The van der Waals surface area contributed by atoms with Gasteiger partial charge in [-0.15, -0.1) is 11.3 Å². The van der Waals surface area contributed by atoms with Crippen molar-refractivity contribution in [1.29, 1.82) is 0 Å². The van der Waals surface area contributed by atoms with E-state index in [1.807, 2.05) is 0 Å². The van der Waals surface area contributed by atoms with Crippen LogP contribution in [0.4, 0.5) is 0 Å². The van der Waals surface area contributed by atoms with E-state index in [9.17, 15) is 0 Å². The fourth-order valence-electron chi connectivity index (χ4n) is 1.27. The average Bonchev–Trinajstić information content (AvgIpc) is 2.47. The second-order valence-electron chi connectivity index (χ2n) is 2.86. The second-order valence-corrected chi connectivity index (χ2v) is 5.36. The van der Waals surface area contributed by atoms with Crippen molar-refractivity contribution in [3.05, 3.63) is 20.8 Å². The summed E-state index contributed by atoms with van der Waals surface area (Å²) in [5, 5.41) is 0. The summed E-state index contributed by atoms with van der Waals surface area (Å²) < 4.78 is 1.20. The van der Waals surface area contributed by atoms with Crippen LogP contribution in [0.2, 0.25) is 0 Å². The van der Waals surface area contributed by atoms with Crippen LogP contribution >= 0.6 is 27.3 Å². The van der Waals surface area contributed by atoms with E-state index in [4.69, 9.17) is 5.73 Å². The zero-order valence-corrected chi connectivity index (χ0v) is 9.62. The van der Waals surface area contributed by atoms with Gasteiger partial charge in [0.05, 0.1) is 3.79 Å². The van der Waals surface area contributed by atoms with Crippen LogP contribution in [0.15, 0.2) is 15.9 Å². The Labute approximate surface area is 86.1 Å². The molecule has 0 fully saturated rings. The van der Waals surface area contributed by atoms with Crippen molar-refractivity contribution in [3.8, 4) is 0 Å². The minimum atomic E-state index is 0.561. The van der Waals surface area contributed by atoms with Crippen molar-refractivity contribution in [2.45, 2.75) is 25.7 Å². The fraction of sp³-hybridized carbons (Fsp3) is 0.556. The first-order valence-corrected chi connectivity index (χ1v) is 5.84. The third-order valence-electron chi connectivity index (χ3n) is 1.92. The van der Waals surface area contributed by atoms with Gasteiger partial charge in [0.15, 0.2) is 0 Å². The first kappa shape index (κ1) is 10.2. The first-order valence-electron chi connectivity index (χ1n) is 4.23. The van der Waals surface area contributed by atoms with Gasteiger partial charge in [0.1, 0.15) is 0 Å². The Morgan fingerprint density at radius 1 is 1.58 bits per heavy atom. The summed E-state index contributed by atoms with van der Waals surface area (Å²) in [5.41, 5.74) is 5.69. The normalized spacial score (nSPS) is 13.2. The molecule has 1 aromatic rings. The molecule has 0 spiro atoms. The van der Waals surface area contributed by atoms with Crippen LogP contribution < -0.4 is 5.73 Å². The molecule has 0 saturated carbocycles. The van der Waals surface area contributed by atoms with Gasteiger partial charge in [0, 0.05) is 10.8 Å². The molecule has 1 rings (SSSR count). The molecule has 2 N–H and O–H groups in total. The summed E-state index contributed by atoms with van der Waals surface area (Å²) >= 11 is 5.26. The topological polar surface area (TPSA) is 26.0 Å². The molecule has 1 aromatic heterocycles. The highest BCUT2D eigenvalue weighted by molar-refractivity contribution is 9.11. The fourth-order valence-corrected chi connectivity index (χ4v) is 2.84. The Bertz CT molecular complexity index is 234. The van der Waals surface area contributed by atoms with E-state index in [0.29, 0.717) is 5.92 Å². The summed E-state index contributed by atoms with van der Waals surface area (Å²) in [6.07, 6.45) is 2.40. The van der Waals surface area contributed by atoms with E-state index in [0.717, 1.165) is 6.54 Å². The van der Waals surface area contributed by atoms with Gasteiger partial charge in [0.2, 0.25) is 0 Å². The van der Waals surface area contributed by atoms with E-state index < -0.39 is 0 Å². The maximum absolute atomic E-state index is 5.69. The molecule has 68 valence electrons. The summed E-state index contributed by atoms with van der Waals surface area (Å²) in [7, 11) is 0. The lowest BCUT2D eigenvalue weighted by molar-refractivity contribution is 0.632. The molecule has 1 heterocycles. The van der Waals surface area contributed by atoms with Crippen molar-refractivity contribution in [3.63, 3.8) is 0 Å². The second kappa shape index (κ2) is 5.00. The molecule has 0 aromatic carbocycles. The Morgan fingerprint density at radius 2 is 2.33 bits per heavy atom. The largest absolute Gasteiger partial charge is 0.330 e. The number of hydrogen-bond acceptors (Lipinski definition) is 2. The van der Waals surface area contributed by atoms with E-state index >= 15 is 0 Å². The number of halogens is 1. The van der Waals surface area contributed by atoms with E-state index in [2.05, 4.69) is 35.0 Å². The van der Waals surface area contributed by atoms with Gasteiger partial charge in [0.25, 0.3) is 0 Å². The molecule has 1 atom stereocenters. The van der Waals surface area contributed by atoms with Gasteiger partial charge in [-0.05, 0) is 41.0 Å². The molecule has 0 amide bonds. The predicted molar refractivity (Wildman–Crippen MR) is 58.7 cm³/mol. The molecule has 0 aliphatic carbocycles. The molecule has 12 heavy (non-hydrogen) atoms. The van der Waals surface area contributed by atoms with Crippen LogP contribution in [0.1, 0.15) is 30.6 Å². The van der Waals surface area contributed by atoms with Gasteiger partial charge in [-0.3, -0.25) is 0 Å². The third-order valence-corrected chi connectivity index (χ3v) is 3.70. The third kappa shape index (κ3) is 2.57. The lowest BCUT2D eigenvalue weighted by atomic mass is 10.0. The van der Waals surface area contributed by atoms with Crippen LogP contribution in [-0.4, -0.2) is 6.54 Å². The van der Waals surface area contributed by atoms with E-state index in [1.165, 1.54) is 21.5 Å².